The molecule has 2 rings (SSSR count). The maximum atomic E-state index is 13.2. The first-order chi connectivity index (χ1) is 11.3. The van der Waals surface area contributed by atoms with Crippen molar-refractivity contribution in [3.05, 3.63) is 53.8 Å². The molecule has 126 valence electrons. The van der Waals surface area contributed by atoms with Crippen LogP contribution in [0.5, 0.6) is 5.75 Å². The molecule has 0 aromatic heterocycles. The molecule has 0 fully saturated rings. The van der Waals surface area contributed by atoms with E-state index in [-0.39, 0.29) is 17.6 Å². The maximum absolute atomic E-state index is 13.2. The van der Waals surface area contributed by atoms with E-state index in [1.807, 2.05) is 6.92 Å². The maximum Gasteiger partial charge on any atom is 0.265 e. The highest BCUT2D eigenvalue weighted by Gasteiger charge is 2.16. The van der Waals surface area contributed by atoms with Crippen molar-refractivity contribution in [1.82, 2.24) is 0 Å². The van der Waals surface area contributed by atoms with Crippen molar-refractivity contribution >= 4 is 23.2 Å². The molecule has 2 aromatic rings. The molecule has 0 aliphatic carbocycles. The van der Waals surface area contributed by atoms with Crippen LogP contribution in [0, 0.1) is 12.7 Å². The van der Waals surface area contributed by atoms with Crippen molar-refractivity contribution in [1.29, 1.82) is 0 Å². The molecule has 1 unspecified atom stereocenters. The zero-order valence-corrected chi connectivity index (χ0v) is 13.7. The third kappa shape index (κ3) is 4.81. The Morgan fingerprint density at radius 1 is 1.12 bits per heavy atom. The van der Waals surface area contributed by atoms with Crippen LogP contribution in [0.1, 0.15) is 19.4 Å². The number of nitrogens with one attached hydrogen (secondary N) is 2. The Morgan fingerprint density at radius 2 is 1.88 bits per heavy atom. The minimum atomic E-state index is -0.810. The number of rotatable bonds is 5. The van der Waals surface area contributed by atoms with Crippen molar-refractivity contribution in [2.75, 3.05) is 10.6 Å². The summed E-state index contributed by atoms with van der Waals surface area (Å²) < 4.78 is 18.6. The van der Waals surface area contributed by atoms with Crippen LogP contribution >= 0.6 is 0 Å². The van der Waals surface area contributed by atoms with Gasteiger partial charge in [0.1, 0.15) is 11.6 Å². The van der Waals surface area contributed by atoms with Crippen LogP contribution in [0.25, 0.3) is 0 Å². The van der Waals surface area contributed by atoms with Gasteiger partial charge in [0.2, 0.25) is 5.91 Å². The second-order valence-corrected chi connectivity index (χ2v) is 5.42. The number of aryl methyl sites for hydroxylation is 1. The summed E-state index contributed by atoms with van der Waals surface area (Å²) in [6, 6.07) is 10.8. The molecule has 0 saturated carbocycles. The predicted molar refractivity (Wildman–Crippen MR) is 90.6 cm³/mol. The molecule has 5 nitrogen and oxygen atoms in total. The summed E-state index contributed by atoms with van der Waals surface area (Å²) in [5, 5.41) is 5.41. The van der Waals surface area contributed by atoms with Gasteiger partial charge in [0, 0.05) is 24.4 Å². The summed E-state index contributed by atoms with van der Waals surface area (Å²) in [6.07, 6.45) is -0.810. The highest BCUT2D eigenvalue weighted by Crippen LogP contribution is 2.21. The summed E-state index contributed by atoms with van der Waals surface area (Å²) in [5.74, 6) is -0.721. The molecule has 2 N–H and O–H groups in total. The number of benzene rings is 2. The van der Waals surface area contributed by atoms with Crippen LogP contribution in [-0.4, -0.2) is 17.9 Å². The monoisotopic (exact) mass is 330 g/mol. The number of halogens is 1. The molecule has 0 aliphatic rings. The fraction of sp³-hybridized carbons (Fsp3) is 0.222. The van der Waals surface area contributed by atoms with E-state index < -0.39 is 11.9 Å². The Labute approximate surface area is 139 Å². The Bertz CT molecular complexity index is 762. The van der Waals surface area contributed by atoms with Gasteiger partial charge in [-0.3, -0.25) is 9.59 Å². The van der Waals surface area contributed by atoms with Crippen LogP contribution < -0.4 is 15.4 Å². The van der Waals surface area contributed by atoms with Gasteiger partial charge in [0.25, 0.3) is 5.91 Å². The van der Waals surface area contributed by atoms with Gasteiger partial charge >= 0.3 is 0 Å². The molecule has 0 saturated heterocycles. The number of ether oxygens (including phenoxy) is 1. The summed E-state index contributed by atoms with van der Waals surface area (Å²) in [6.45, 7) is 4.82. The largest absolute Gasteiger partial charge is 0.481 e. The lowest BCUT2D eigenvalue weighted by Crippen LogP contribution is -2.30. The Morgan fingerprint density at radius 3 is 2.54 bits per heavy atom. The van der Waals surface area contributed by atoms with E-state index in [2.05, 4.69) is 10.6 Å². The third-order valence-electron chi connectivity index (χ3n) is 3.29. The molecule has 0 spiro atoms. The molecule has 0 radical (unpaired) electrons. The van der Waals surface area contributed by atoms with Crippen LogP contribution in [0.2, 0.25) is 0 Å². The number of amides is 2. The number of carbonyl (C=O) groups excluding carboxylic acids is 2. The van der Waals surface area contributed by atoms with Crippen LogP contribution in [0.3, 0.4) is 0 Å². The summed E-state index contributed by atoms with van der Waals surface area (Å²) in [5.41, 5.74) is 2.00. The van der Waals surface area contributed by atoms with E-state index in [0.717, 1.165) is 5.56 Å². The molecule has 6 heteroatoms. The standard InChI is InChI=1S/C18H19FN2O3/c1-11-7-8-15(20-13(3)22)10-17(11)21-18(23)12(2)24-16-6-4-5-14(19)9-16/h4-10,12H,1-3H3,(H,20,22)(H,21,23). The molecular weight excluding hydrogens is 311 g/mol. The minimum Gasteiger partial charge on any atom is -0.481 e. The van der Waals surface area contributed by atoms with Gasteiger partial charge < -0.3 is 15.4 Å². The minimum absolute atomic E-state index is 0.195. The van der Waals surface area contributed by atoms with Gasteiger partial charge in [-0.15, -0.1) is 0 Å². The van der Waals surface area contributed by atoms with E-state index in [1.54, 1.807) is 31.2 Å². The van der Waals surface area contributed by atoms with E-state index in [1.165, 1.54) is 25.1 Å². The number of anilines is 2. The lowest BCUT2D eigenvalue weighted by molar-refractivity contribution is -0.122. The molecule has 0 bridgehead atoms. The number of hydrogen-bond donors (Lipinski definition) is 2. The lowest BCUT2D eigenvalue weighted by Gasteiger charge is -2.16. The first-order valence-electron chi connectivity index (χ1n) is 7.46. The molecule has 0 aliphatic heterocycles. The summed E-state index contributed by atoms with van der Waals surface area (Å²) >= 11 is 0. The molecule has 0 heterocycles. The van der Waals surface area contributed by atoms with Crippen molar-refractivity contribution < 1.29 is 18.7 Å². The Balaban J connectivity index is 2.06. The van der Waals surface area contributed by atoms with Crippen molar-refractivity contribution in [3.8, 4) is 5.75 Å². The van der Waals surface area contributed by atoms with Crippen LogP contribution in [0.15, 0.2) is 42.5 Å². The molecular formula is C18H19FN2O3. The van der Waals surface area contributed by atoms with Crippen molar-refractivity contribution in [2.45, 2.75) is 26.9 Å². The molecule has 2 aromatic carbocycles. The van der Waals surface area contributed by atoms with Gasteiger partial charge in [-0.2, -0.15) is 0 Å². The zero-order valence-electron chi connectivity index (χ0n) is 13.7. The molecule has 2 amide bonds. The second kappa shape index (κ2) is 7.59. The van der Waals surface area contributed by atoms with E-state index >= 15 is 0 Å². The van der Waals surface area contributed by atoms with Crippen LogP contribution in [0.4, 0.5) is 15.8 Å². The SMILES string of the molecule is CC(=O)Nc1ccc(C)c(NC(=O)C(C)Oc2cccc(F)c2)c1. The first kappa shape index (κ1) is 17.5. The van der Waals surface area contributed by atoms with Gasteiger partial charge in [0.15, 0.2) is 6.10 Å². The van der Waals surface area contributed by atoms with E-state index in [4.69, 9.17) is 4.74 Å². The first-order valence-corrected chi connectivity index (χ1v) is 7.46. The fourth-order valence-corrected chi connectivity index (χ4v) is 2.07. The third-order valence-corrected chi connectivity index (χ3v) is 3.29. The normalized spacial score (nSPS) is 11.5. The highest BCUT2D eigenvalue weighted by atomic mass is 19.1. The quantitative estimate of drug-likeness (QED) is 0.882. The van der Waals surface area contributed by atoms with E-state index in [9.17, 15) is 14.0 Å². The second-order valence-electron chi connectivity index (χ2n) is 5.42. The number of hydrogen-bond acceptors (Lipinski definition) is 3. The molecule has 1 atom stereocenters. The average Bonchev–Trinajstić information content (AvgIpc) is 2.50. The van der Waals surface area contributed by atoms with Crippen molar-refractivity contribution in [2.24, 2.45) is 0 Å². The van der Waals surface area contributed by atoms with Gasteiger partial charge in [-0.25, -0.2) is 4.39 Å². The highest BCUT2D eigenvalue weighted by molar-refractivity contribution is 5.96. The van der Waals surface area contributed by atoms with Gasteiger partial charge in [0.05, 0.1) is 0 Å². The Kier molecular flexibility index (Phi) is 5.52. The van der Waals surface area contributed by atoms with Crippen LogP contribution in [-0.2, 0) is 9.59 Å². The summed E-state index contributed by atoms with van der Waals surface area (Å²) in [7, 11) is 0. The smallest absolute Gasteiger partial charge is 0.265 e. The van der Waals surface area contributed by atoms with Gasteiger partial charge in [-0.1, -0.05) is 12.1 Å². The van der Waals surface area contributed by atoms with Gasteiger partial charge in [-0.05, 0) is 43.7 Å². The Hall–Kier alpha value is -2.89. The average molecular weight is 330 g/mol. The zero-order chi connectivity index (χ0) is 17.7. The predicted octanol–water partition coefficient (Wildman–Crippen LogP) is 3.50. The fourth-order valence-electron chi connectivity index (χ4n) is 2.07. The topological polar surface area (TPSA) is 67.4 Å². The molecule has 24 heavy (non-hydrogen) atoms. The summed E-state index contributed by atoms with van der Waals surface area (Å²) in [4.78, 5) is 23.4. The number of carbonyl (C=O) groups is 2. The lowest BCUT2D eigenvalue weighted by atomic mass is 10.1. The van der Waals surface area contributed by atoms with E-state index in [0.29, 0.717) is 11.4 Å². The van der Waals surface area contributed by atoms with Crippen molar-refractivity contribution in [3.63, 3.8) is 0 Å².